The van der Waals surface area contributed by atoms with E-state index in [1.807, 2.05) is 18.2 Å². The molecule has 0 radical (unpaired) electrons. The standard InChI is InChI=1S/C13H18N4S.2ClH.Cu/c18-13(16-11-6-2-1-3-7-11)17-15-10-12-8-4-5-9-14-12;;;/h4-5,8-11H,1-3,6-7H2,(H2,16,17,18);2*1H;/q;;;+2/p-2. The molecule has 0 amide bonds. The molecule has 1 fully saturated rings. The van der Waals surface area contributed by atoms with E-state index in [9.17, 15) is 0 Å². The molecule has 0 saturated heterocycles. The number of hydrazone groups is 1. The van der Waals surface area contributed by atoms with Crippen LogP contribution >= 0.6 is 32.4 Å². The van der Waals surface area contributed by atoms with E-state index in [0.29, 0.717) is 11.2 Å². The second-order valence-electron chi connectivity index (χ2n) is 4.48. The molecule has 0 bridgehead atoms. The minimum atomic E-state index is 0.504. The van der Waals surface area contributed by atoms with Crippen LogP contribution < -0.4 is 10.7 Å². The number of rotatable bonds is 3. The van der Waals surface area contributed by atoms with E-state index in [2.05, 4.69) is 41.0 Å². The molecule has 0 aliphatic heterocycles. The number of halogens is 2. The van der Waals surface area contributed by atoms with Gasteiger partial charge in [0.1, 0.15) is 0 Å². The Balaban J connectivity index is 0.000000677. The van der Waals surface area contributed by atoms with Crippen molar-refractivity contribution in [3.8, 4) is 0 Å². The number of aromatic nitrogens is 1. The Morgan fingerprint density at radius 2 is 2.05 bits per heavy atom. The molecule has 1 aromatic rings. The fourth-order valence-electron chi connectivity index (χ4n) is 2.07. The Morgan fingerprint density at radius 3 is 2.67 bits per heavy atom. The van der Waals surface area contributed by atoms with Gasteiger partial charge in [0.15, 0.2) is 5.11 Å². The normalized spacial score (nSPS) is 15.3. The quantitative estimate of drug-likeness (QED) is 0.355. The first-order chi connectivity index (χ1) is 10.3. The molecule has 2 N–H and O–H groups in total. The summed E-state index contributed by atoms with van der Waals surface area (Å²) in [5.41, 5.74) is 3.64. The first-order valence-electron chi connectivity index (χ1n) is 6.58. The molecule has 2 rings (SSSR count). The second kappa shape index (κ2) is 12.2. The van der Waals surface area contributed by atoms with Crippen molar-refractivity contribution in [3.63, 3.8) is 0 Å². The second-order valence-corrected chi connectivity index (χ2v) is 6.44. The van der Waals surface area contributed by atoms with E-state index in [1.165, 1.54) is 32.1 Å². The van der Waals surface area contributed by atoms with E-state index in [0.717, 1.165) is 18.8 Å². The summed E-state index contributed by atoms with van der Waals surface area (Å²) < 4.78 is 0. The van der Waals surface area contributed by atoms with Gasteiger partial charge < -0.3 is 5.32 Å². The Labute approximate surface area is 145 Å². The molecule has 1 heterocycles. The number of hydrogen-bond donors (Lipinski definition) is 2. The van der Waals surface area contributed by atoms with E-state index in [1.54, 1.807) is 12.4 Å². The van der Waals surface area contributed by atoms with Gasteiger partial charge in [-0.25, -0.2) is 0 Å². The zero-order chi connectivity index (χ0) is 15.3. The van der Waals surface area contributed by atoms with E-state index in [-0.39, 0.29) is 0 Å². The number of hydrogen-bond acceptors (Lipinski definition) is 3. The molecular weight excluding hydrogens is 379 g/mol. The first kappa shape index (κ1) is 18.7. The van der Waals surface area contributed by atoms with Gasteiger partial charge in [0.25, 0.3) is 0 Å². The Kier molecular flexibility index (Phi) is 10.8. The molecule has 0 spiro atoms. The third-order valence-electron chi connectivity index (χ3n) is 2.99. The molecule has 1 aromatic heterocycles. The molecule has 21 heavy (non-hydrogen) atoms. The monoisotopic (exact) mass is 395 g/mol. The van der Waals surface area contributed by atoms with Crippen molar-refractivity contribution in [2.24, 2.45) is 5.10 Å². The van der Waals surface area contributed by atoms with Crippen molar-refractivity contribution < 1.29 is 13.1 Å². The topological polar surface area (TPSA) is 49.3 Å². The van der Waals surface area contributed by atoms with Gasteiger partial charge in [-0.1, -0.05) is 25.3 Å². The van der Waals surface area contributed by atoms with Crippen molar-refractivity contribution in [1.29, 1.82) is 0 Å². The average Bonchev–Trinajstić information content (AvgIpc) is 2.50. The summed E-state index contributed by atoms with van der Waals surface area (Å²) in [4.78, 5) is 4.14. The van der Waals surface area contributed by atoms with Crippen LogP contribution in [0, 0.1) is 0 Å². The SMILES string of the molecule is S=C(NN=Cc1ccccn1)NC1CCCCC1.[Cl][Cu][Cl]. The Morgan fingerprint density at radius 1 is 1.33 bits per heavy atom. The number of nitrogens with zero attached hydrogens (tertiary/aromatic N) is 2. The summed E-state index contributed by atoms with van der Waals surface area (Å²) in [5, 5.41) is 7.95. The van der Waals surface area contributed by atoms with Crippen molar-refractivity contribution >= 4 is 43.7 Å². The Bertz CT molecular complexity index is 427. The van der Waals surface area contributed by atoms with Crippen LogP contribution in [0.3, 0.4) is 0 Å². The summed E-state index contributed by atoms with van der Waals surface area (Å²) >= 11 is 5.95. The van der Waals surface area contributed by atoms with Gasteiger partial charge in [0.05, 0.1) is 11.9 Å². The molecule has 4 nitrogen and oxygen atoms in total. The molecule has 8 heteroatoms. The molecule has 0 aromatic carbocycles. The van der Waals surface area contributed by atoms with Gasteiger partial charge in [-0.3, -0.25) is 10.4 Å². The first-order valence-corrected chi connectivity index (χ1v) is 9.58. The predicted molar refractivity (Wildman–Crippen MR) is 89.3 cm³/mol. The molecule has 0 unspecified atom stereocenters. The van der Waals surface area contributed by atoms with E-state index in [4.69, 9.17) is 12.2 Å². The predicted octanol–water partition coefficient (Wildman–Crippen LogP) is 3.59. The average molecular weight is 397 g/mol. The molecule has 0 atom stereocenters. The zero-order valence-electron chi connectivity index (χ0n) is 11.4. The van der Waals surface area contributed by atoms with Crippen molar-refractivity contribution in [3.05, 3.63) is 30.1 Å². The Hall–Kier alpha value is -0.391. The van der Waals surface area contributed by atoms with Crippen LogP contribution in [0.15, 0.2) is 29.5 Å². The third-order valence-corrected chi connectivity index (χ3v) is 3.20. The van der Waals surface area contributed by atoms with Crippen molar-refractivity contribution in [1.82, 2.24) is 15.7 Å². The van der Waals surface area contributed by atoms with Gasteiger partial charge in [0, 0.05) is 12.2 Å². The maximum atomic E-state index is 5.19. The maximum absolute atomic E-state index is 5.19. The molecule has 1 aliphatic rings. The van der Waals surface area contributed by atoms with Crippen LogP contribution in [0.4, 0.5) is 0 Å². The van der Waals surface area contributed by atoms with E-state index >= 15 is 0 Å². The minimum absolute atomic E-state index is 0.504. The fourth-order valence-corrected chi connectivity index (χ4v) is 2.29. The summed E-state index contributed by atoms with van der Waals surface area (Å²) in [5.74, 6) is 0. The van der Waals surface area contributed by atoms with Crippen LogP contribution in [0.5, 0.6) is 0 Å². The van der Waals surface area contributed by atoms with E-state index < -0.39 is 0 Å². The van der Waals surface area contributed by atoms with Gasteiger partial charge in [-0.05, 0) is 37.2 Å². The zero-order valence-corrected chi connectivity index (χ0v) is 14.6. The summed E-state index contributed by atoms with van der Waals surface area (Å²) in [6.45, 7) is 0. The summed E-state index contributed by atoms with van der Waals surface area (Å²) in [6.07, 6.45) is 9.72. The fraction of sp³-hybridized carbons (Fsp3) is 0.462. The number of nitrogens with one attached hydrogen (secondary N) is 2. The van der Waals surface area contributed by atoms with Gasteiger partial charge in [-0.15, -0.1) is 0 Å². The van der Waals surface area contributed by atoms with Crippen molar-refractivity contribution in [2.45, 2.75) is 38.1 Å². The van der Waals surface area contributed by atoms with Crippen LogP contribution in [0.25, 0.3) is 0 Å². The van der Waals surface area contributed by atoms with Crippen LogP contribution in [0.1, 0.15) is 37.8 Å². The van der Waals surface area contributed by atoms with Crippen LogP contribution in [-0.2, 0) is 13.1 Å². The molecule has 121 valence electrons. The summed E-state index contributed by atoms with van der Waals surface area (Å²) in [7, 11) is 9.34. The van der Waals surface area contributed by atoms with Gasteiger partial charge in [-0.2, -0.15) is 5.10 Å². The van der Waals surface area contributed by atoms with Crippen LogP contribution in [0.2, 0.25) is 0 Å². The molecular formula is C13H18Cl2CuN4S. The number of thiocarbonyl (C=S) groups is 1. The molecule has 1 aliphatic carbocycles. The summed E-state index contributed by atoms with van der Waals surface area (Å²) in [6, 6.07) is 6.19. The molecule has 1 saturated carbocycles. The third kappa shape index (κ3) is 9.27. The van der Waals surface area contributed by atoms with Gasteiger partial charge >= 0.3 is 33.3 Å². The number of pyridine rings is 1. The van der Waals surface area contributed by atoms with Crippen LogP contribution in [-0.4, -0.2) is 22.4 Å². The van der Waals surface area contributed by atoms with Gasteiger partial charge in [0.2, 0.25) is 0 Å². The van der Waals surface area contributed by atoms with Crippen molar-refractivity contribution in [2.75, 3.05) is 0 Å².